The quantitative estimate of drug-likeness (QED) is 0.510. The highest BCUT2D eigenvalue weighted by Crippen LogP contribution is 2.35. The van der Waals surface area contributed by atoms with Crippen molar-refractivity contribution in [2.24, 2.45) is 11.8 Å². The highest BCUT2D eigenvalue weighted by Gasteiger charge is 2.43. The van der Waals surface area contributed by atoms with Gasteiger partial charge in [-0.3, -0.25) is 14.4 Å². The molecule has 0 aromatic heterocycles. The molecule has 0 bridgehead atoms. The molecule has 0 aromatic rings. The van der Waals surface area contributed by atoms with E-state index in [1.807, 2.05) is 0 Å². The van der Waals surface area contributed by atoms with Crippen molar-refractivity contribution >= 4 is 36.3 Å². The molecule has 0 saturated heterocycles. The van der Waals surface area contributed by atoms with Crippen molar-refractivity contribution in [3.8, 4) is 0 Å². The maximum atomic E-state index is 11.8. The first-order chi connectivity index (χ1) is 9.23. The Kier molecular flexibility index (Phi) is 5.55. The lowest BCUT2D eigenvalue weighted by Crippen LogP contribution is -2.43. The van der Waals surface area contributed by atoms with Gasteiger partial charge in [-0.1, -0.05) is 0 Å². The summed E-state index contributed by atoms with van der Waals surface area (Å²) in [6.07, 6.45) is 0.308. The van der Waals surface area contributed by atoms with Gasteiger partial charge in [0.25, 0.3) is 0 Å². The van der Waals surface area contributed by atoms with Crippen molar-refractivity contribution in [3.05, 3.63) is 0 Å². The second-order valence-electron chi connectivity index (χ2n) is 4.87. The Balaban J connectivity index is 2.79. The minimum Gasteiger partial charge on any atom is -0.481 e. The second kappa shape index (κ2) is 6.74. The van der Waals surface area contributed by atoms with E-state index in [2.05, 4.69) is 17.9 Å². The molecule has 7 nitrogen and oxygen atoms in total. The zero-order valence-electron chi connectivity index (χ0n) is 10.9. The number of carboxylic acid groups (broad SMARTS) is 2. The number of amides is 1. The number of Topliss-reactive ketones (excluding diaryl/α,β-unsaturated/α-hetero) is 1. The standard InChI is InChI=1S/C12H17NO6S/c1-5(14)13-7(12(18)19)4-9(20)10-6(11(16)17)2-3-8(10)15/h6-7,9-10,20H,2-4H2,1H3,(H,13,14)(H,16,17)(H,18,19). The number of carbonyl (C=O) groups is 4. The molecule has 0 aliphatic heterocycles. The predicted octanol–water partition coefficient (Wildman–Crippen LogP) is -0.0559. The van der Waals surface area contributed by atoms with Gasteiger partial charge in [-0.2, -0.15) is 12.6 Å². The van der Waals surface area contributed by atoms with E-state index in [0.29, 0.717) is 0 Å². The van der Waals surface area contributed by atoms with E-state index in [4.69, 9.17) is 10.2 Å². The fourth-order valence-corrected chi connectivity index (χ4v) is 3.07. The summed E-state index contributed by atoms with van der Waals surface area (Å²) in [7, 11) is 0. The number of carboxylic acids is 2. The Bertz CT molecular complexity index is 438. The highest BCUT2D eigenvalue weighted by atomic mass is 32.1. The lowest BCUT2D eigenvalue weighted by atomic mass is 9.89. The molecule has 4 atom stereocenters. The zero-order chi connectivity index (χ0) is 15.4. The minimum atomic E-state index is -1.24. The summed E-state index contributed by atoms with van der Waals surface area (Å²) in [6, 6.07) is -1.18. The average molecular weight is 303 g/mol. The van der Waals surface area contributed by atoms with Crippen LogP contribution in [0.15, 0.2) is 0 Å². The molecule has 0 radical (unpaired) electrons. The van der Waals surface area contributed by atoms with Gasteiger partial charge in [0.05, 0.1) is 5.92 Å². The number of thiol groups is 1. The van der Waals surface area contributed by atoms with E-state index in [-0.39, 0.29) is 25.0 Å². The van der Waals surface area contributed by atoms with Crippen LogP contribution in [0.1, 0.15) is 26.2 Å². The highest BCUT2D eigenvalue weighted by molar-refractivity contribution is 7.81. The number of nitrogens with one attached hydrogen (secondary N) is 1. The van der Waals surface area contributed by atoms with Crippen LogP contribution in [-0.4, -0.2) is 45.1 Å². The lowest BCUT2D eigenvalue weighted by molar-refractivity contribution is -0.144. The van der Waals surface area contributed by atoms with E-state index in [1.54, 1.807) is 0 Å². The summed E-state index contributed by atoms with van der Waals surface area (Å²) >= 11 is 4.20. The fourth-order valence-electron chi connectivity index (χ4n) is 2.48. The van der Waals surface area contributed by atoms with Crippen LogP contribution in [0.3, 0.4) is 0 Å². The van der Waals surface area contributed by atoms with Crippen LogP contribution in [0.4, 0.5) is 0 Å². The molecule has 3 N–H and O–H groups in total. The van der Waals surface area contributed by atoms with Crippen molar-refractivity contribution in [2.45, 2.75) is 37.5 Å². The van der Waals surface area contributed by atoms with Gasteiger partial charge in [-0.25, -0.2) is 4.79 Å². The van der Waals surface area contributed by atoms with E-state index in [0.717, 1.165) is 0 Å². The topological polar surface area (TPSA) is 121 Å². The molecular weight excluding hydrogens is 286 g/mol. The largest absolute Gasteiger partial charge is 0.481 e. The Labute approximate surface area is 121 Å². The number of hydrogen-bond acceptors (Lipinski definition) is 5. The monoisotopic (exact) mass is 303 g/mol. The average Bonchev–Trinajstić information content (AvgIpc) is 2.69. The van der Waals surface area contributed by atoms with Gasteiger partial charge in [0.15, 0.2) is 0 Å². The number of aliphatic carboxylic acids is 2. The summed E-state index contributed by atoms with van der Waals surface area (Å²) < 4.78 is 0. The molecule has 0 heterocycles. The summed E-state index contributed by atoms with van der Waals surface area (Å²) in [5.41, 5.74) is 0. The second-order valence-corrected chi connectivity index (χ2v) is 5.53. The SMILES string of the molecule is CC(=O)NC(CC(S)C1C(=O)CCC1C(=O)O)C(=O)O. The molecule has 0 spiro atoms. The molecule has 112 valence electrons. The first-order valence-electron chi connectivity index (χ1n) is 6.17. The predicted molar refractivity (Wildman–Crippen MR) is 71.5 cm³/mol. The van der Waals surface area contributed by atoms with Gasteiger partial charge in [0, 0.05) is 24.5 Å². The molecule has 1 rings (SSSR count). The van der Waals surface area contributed by atoms with Crippen LogP contribution < -0.4 is 5.32 Å². The van der Waals surface area contributed by atoms with Crippen molar-refractivity contribution in [1.29, 1.82) is 0 Å². The molecule has 1 amide bonds. The first-order valence-corrected chi connectivity index (χ1v) is 6.69. The summed E-state index contributed by atoms with van der Waals surface area (Å²) in [6.45, 7) is 1.18. The smallest absolute Gasteiger partial charge is 0.326 e. The molecule has 20 heavy (non-hydrogen) atoms. The van der Waals surface area contributed by atoms with Crippen LogP contribution in [0.5, 0.6) is 0 Å². The van der Waals surface area contributed by atoms with Crippen LogP contribution in [-0.2, 0) is 19.2 Å². The van der Waals surface area contributed by atoms with Crippen LogP contribution in [0, 0.1) is 11.8 Å². The molecule has 1 fully saturated rings. The van der Waals surface area contributed by atoms with E-state index >= 15 is 0 Å². The van der Waals surface area contributed by atoms with Gasteiger partial charge in [0.1, 0.15) is 11.8 Å². The normalized spacial score (nSPS) is 25.0. The van der Waals surface area contributed by atoms with Gasteiger partial charge >= 0.3 is 11.9 Å². The van der Waals surface area contributed by atoms with Gasteiger partial charge in [-0.05, 0) is 12.8 Å². The minimum absolute atomic E-state index is 0.0990. The summed E-state index contributed by atoms with van der Waals surface area (Å²) in [4.78, 5) is 44.8. The van der Waals surface area contributed by atoms with Gasteiger partial charge in [0.2, 0.25) is 5.91 Å². The molecule has 0 aromatic carbocycles. The molecule has 1 aliphatic rings. The number of carbonyl (C=O) groups excluding carboxylic acids is 2. The van der Waals surface area contributed by atoms with Gasteiger partial charge < -0.3 is 15.5 Å². The van der Waals surface area contributed by atoms with Crippen LogP contribution in [0.2, 0.25) is 0 Å². The van der Waals surface area contributed by atoms with Crippen molar-refractivity contribution < 1.29 is 29.4 Å². The Morgan fingerprint density at radius 3 is 2.45 bits per heavy atom. The Morgan fingerprint density at radius 2 is 2.00 bits per heavy atom. The molecular formula is C12H17NO6S. The van der Waals surface area contributed by atoms with Crippen molar-refractivity contribution in [3.63, 3.8) is 0 Å². The lowest BCUT2D eigenvalue weighted by Gasteiger charge is -2.24. The maximum Gasteiger partial charge on any atom is 0.326 e. The van der Waals surface area contributed by atoms with Crippen molar-refractivity contribution in [1.82, 2.24) is 5.32 Å². The van der Waals surface area contributed by atoms with Gasteiger partial charge in [-0.15, -0.1) is 0 Å². The van der Waals surface area contributed by atoms with Crippen LogP contribution in [0.25, 0.3) is 0 Å². The van der Waals surface area contributed by atoms with Crippen LogP contribution >= 0.6 is 12.6 Å². The number of hydrogen-bond donors (Lipinski definition) is 4. The third-order valence-electron chi connectivity index (χ3n) is 3.39. The first kappa shape index (κ1) is 16.5. The third-order valence-corrected chi connectivity index (χ3v) is 3.92. The maximum absolute atomic E-state index is 11.8. The molecule has 8 heteroatoms. The Hall–Kier alpha value is -1.57. The molecule has 1 saturated carbocycles. The van der Waals surface area contributed by atoms with E-state index in [1.165, 1.54) is 6.92 Å². The van der Waals surface area contributed by atoms with E-state index in [9.17, 15) is 19.2 Å². The van der Waals surface area contributed by atoms with Crippen molar-refractivity contribution in [2.75, 3.05) is 0 Å². The van der Waals surface area contributed by atoms with E-state index < -0.39 is 41.0 Å². The fraction of sp³-hybridized carbons (Fsp3) is 0.667. The molecule has 1 aliphatic carbocycles. The molecule has 4 unspecified atom stereocenters. The number of rotatable bonds is 6. The summed E-state index contributed by atoms with van der Waals surface area (Å²) in [5, 5.41) is 19.6. The third kappa shape index (κ3) is 3.96. The number of ketones is 1. The summed E-state index contributed by atoms with van der Waals surface area (Å²) in [5.74, 6) is -4.69. The zero-order valence-corrected chi connectivity index (χ0v) is 11.8. The Morgan fingerprint density at radius 1 is 1.40 bits per heavy atom.